The van der Waals surface area contributed by atoms with Crippen LogP contribution >= 0.6 is 0 Å². The van der Waals surface area contributed by atoms with Gasteiger partial charge in [-0.15, -0.1) is 0 Å². The Labute approximate surface area is 128 Å². The van der Waals surface area contributed by atoms with Crippen LogP contribution in [0.25, 0.3) is 0 Å². The Morgan fingerprint density at radius 1 is 1.64 bits per heavy atom. The number of fused-ring (bicyclic) bond motifs is 3. The Bertz CT molecular complexity index is 598. The summed E-state index contributed by atoms with van der Waals surface area (Å²) < 4.78 is 5.99. The van der Waals surface area contributed by atoms with E-state index in [2.05, 4.69) is 15.2 Å². The second-order valence-corrected chi connectivity index (χ2v) is 6.51. The average Bonchev–Trinajstić information content (AvgIpc) is 3.13. The summed E-state index contributed by atoms with van der Waals surface area (Å²) >= 11 is 0. The molecule has 0 saturated carbocycles. The van der Waals surface area contributed by atoms with Gasteiger partial charge in [0.05, 0.1) is 17.8 Å². The molecule has 0 spiro atoms. The molecule has 3 aliphatic heterocycles. The third-order valence-electron chi connectivity index (χ3n) is 4.92. The lowest BCUT2D eigenvalue weighted by molar-refractivity contribution is -0.0324. The lowest BCUT2D eigenvalue weighted by Gasteiger charge is -2.36. The molecule has 2 bridgehead atoms. The topological polar surface area (TPSA) is 86.7 Å². The number of nitrogens with one attached hydrogen (secondary N) is 2. The van der Waals surface area contributed by atoms with Crippen LogP contribution in [-0.2, 0) is 17.7 Å². The van der Waals surface area contributed by atoms with E-state index >= 15 is 0 Å². The molecule has 22 heavy (non-hydrogen) atoms. The monoisotopic (exact) mass is 304 g/mol. The molecule has 0 aliphatic carbocycles. The molecule has 7 nitrogen and oxygen atoms in total. The fourth-order valence-corrected chi connectivity index (χ4v) is 3.81. The summed E-state index contributed by atoms with van der Waals surface area (Å²) in [7, 11) is 0. The number of rotatable bonds is 3. The minimum atomic E-state index is -0.520. The van der Waals surface area contributed by atoms with Crippen LogP contribution < -0.4 is 10.8 Å². The standard InChI is InChI=1S/C15H20N4O3/c20-14(18-21)10-3-11-6-19(2-1-13(11)16-5-10)9-15-4-12(7-22-15)17-8-15/h3,5,12,17,21H,1-2,4,6-9H2,(H,18,20)/t12-,15-/m0/s1. The number of amides is 1. The van der Waals surface area contributed by atoms with Crippen LogP contribution in [0, 0.1) is 0 Å². The SMILES string of the molecule is O=C(NO)c1cnc2c(c1)CN(C[C@]13CN[C@H](CO1)C3)CC2. The third kappa shape index (κ3) is 2.40. The number of nitrogens with zero attached hydrogens (tertiary/aromatic N) is 2. The second-order valence-electron chi connectivity index (χ2n) is 6.51. The van der Waals surface area contributed by atoms with Gasteiger partial charge in [0.1, 0.15) is 0 Å². The summed E-state index contributed by atoms with van der Waals surface area (Å²) in [5.41, 5.74) is 4.10. The number of carbonyl (C=O) groups excluding carboxylic acids is 1. The van der Waals surface area contributed by atoms with Crippen LogP contribution in [0.3, 0.4) is 0 Å². The van der Waals surface area contributed by atoms with Crippen LogP contribution in [0.5, 0.6) is 0 Å². The van der Waals surface area contributed by atoms with Crippen molar-refractivity contribution in [1.82, 2.24) is 20.7 Å². The molecule has 2 fully saturated rings. The molecule has 2 atom stereocenters. The maximum atomic E-state index is 11.5. The van der Waals surface area contributed by atoms with Crippen LogP contribution in [0.15, 0.2) is 12.3 Å². The van der Waals surface area contributed by atoms with Crippen molar-refractivity contribution in [3.8, 4) is 0 Å². The zero-order chi connectivity index (χ0) is 15.2. The molecule has 4 heterocycles. The van der Waals surface area contributed by atoms with Crippen molar-refractivity contribution in [1.29, 1.82) is 0 Å². The highest BCUT2D eigenvalue weighted by molar-refractivity contribution is 5.93. The van der Waals surface area contributed by atoms with E-state index in [0.29, 0.717) is 11.6 Å². The van der Waals surface area contributed by atoms with Gasteiger partial charge in [0.2, 0.25) is 0 Å². The van der Waals surface area contributed by atoms with Gasteiger partial charge in [-0.1, -0.05) is 0 Å². The van der Waals surface area contributed by atoms with Gasteiger partial charge in [0.25, 0.3) is 5.91 Å². The van der Waals surface area contributed by atoms with Gasteiger partial charge >= 0.3 is 0 Å². The molecule has 0 unspecified atom stereocenters. The van der Waals surface area contributed by atoms with Gasteiger partial charge in [-0.05, 0) is 18.1 Å². The zero-order valence-electron chi connectivity index (χ0n) is 12.3. The number of aromatic nitrogens is 1. The first-order valence-corrected chi connectivity index (χ1v) is 7.69. The van der Waals surface area contributed by atoms with Crippen molar-refractivity contribution in [3.63, 3.8) is 0 Å². The fourth-order valence-electron chi connectivity index (χ4n) is 3.81. The first kappa shape index (κ1) is 14.1. The minimum Gasteiger partial charge on any atom is -0.371 e. The minimum absolute atomic E-state index is 0.0459. The van der Waals surface area contributed by atoms with Crippen LogP contribution in [0.2, 0.25) is 0 Å². The number of pyridine rings is 1. The molecule has 4 rings (SSSR count). The van der Waals surface area contributed by atoms with Crippen LogP contribution in [0.1, 0.15) is 28.0 Å². The average molecular weight is 304 g/mol. The third-order valence-corrected chi connectivity index (χ3v) is 4.92. The molecule has 1 aromatic heterocycles. The fraction of sp³-hybridized carbons (Fsp3) is 0.600. The summed E-state index contributed by atoms with van der Waals surface area (Å²) in [6.45, 7) is 4.37. The number of hydrogen-bond donors (Lipinski definition) is 3. The molecule has 118 valence electrons. The smallest absolute Gasteiger partial charge is 0.276 e. The molecule has 0 radical (unpaired) electrons. The van der Waals surface area contributed by atoms with E-state index in [0.717, 1.165) is 56.9 Å². The Balaban J connectivity index is 1.49. The maximum absolute atomic E-state index is 11.5. The first-order chi connectivity index (χ1) is 10.7. The summed E-state index contributed by atoms with van der Waals surface area (Å²) in [6.07, 6.45) is 3.48. The number of hydrogen-bond acceptors (Lipinski definition) is 6. The molecule has 2 saturated heterocycles. The highest BCUT2D eigenvalue weighted by Gasteiger charge is 2.47. The van der Waals surface area contributed by atoms with Gasteiger partial charge in [0, 0.05) is 50.5 Å². The molecule has 1 aromatic rings. The van der Waals surface area contributed by atoms with Crippen molar-refractivity contribution >= 4 is 5.91 Å². The van der Waals surface area contributed by atoms with E-state index in [9.17, 15) is 4.79 Å². The number of morpholine rings is 1. The van der Waals surface area contributed by atoms with Gasteiger partial charge in [0.15, 0.2) is 0 Å². The van der Waals surface area contributed by atoms with Gasteiger partial charge in [-0.25, -0.2) is 5.48 Å². The largest absolute Gasteiger partial charge is 0.371 e. The first-order valence-electron chi connectivity index (χ1n) is 7.69. The Hall–Kier alpha value is -1.54. The van der Waals surface area contributed by atoms with E-state index in [1.54, 1.807) is 5.48 Å². The summed E-state index contributed by atoms with van der Waals surface area (Å²) in [5, 5.41) is 12.2. The molecule has 1 amide bonds. The van der Waals surface area contributed by atoms with Crippen molar-refractivity contribution in [3.05, 3.63) is 29.1 Å². The second kappa shape index (κ2) is 5.27. The lowest BCUT2D eigenvalue weighted by atomic mass is 9.98. The molecule has 0 aromatic carbocycles. The van der Waals surface area contributed by atoms with E-state index in [1.807, 2.05) is 6.07 Å². The molecular formula is C15H20N4O3. The number of hydroxylamine groups is 1. The zero-order valence-corrected chi connectivity index (χ0v) is 12.3. The number of carbonyl (C=O) groups is 1. The normalized spacial score (nSPS) is 30.3. The van der Waals surface area contributed by atoms with Crippen molar-refractivity contribution in [2.24, 2.45) is 0 Å². The molecular weight excluding hydrogens is 284 g/mol. The van der Waals surface area contributed by atoms with E-state index < -0.39 is 5.91 Å². The van der Waals surface area contributed by atoms with Gasteiger partial charge in [-0.3, -0.25) is 19.9 Å². The van der Waals surface area contributed by atoms with Crippen LogP contribution in [0.4, 0.5) is 0 Å². The van der Waals surface area contributed by atoms with Gasteiger partial charge in [-0.2, -0.15) is 0 Å². The van der Waals surface area contributed by atoms with E-state index in [-0.39, 0.29) is 5.60 Å². The molecule has 7 heteroatoms. The highest BCUT2D eigenvalue weighted by atomic mass is 16.5. The summed E-state index contributed by atoms with van der Waals surface area (Å²) in [6, 6.07) is 2.33. The predicted octanol–water partition coefficient (Wildman–Crippen LogP) is -0.310. The molecule has 3 aliphatic rings. The van der Waals surface area contributed by atoms with E-state index in [4.69, 9.17) is 9.94 Å². The highest BCUT2D eigenvalue weighted by Crippen LogP contribution is 2.33. The van der Waals surface area contributed by atoms with Crippen molar-refractivity contribution in [2.75, 3.05) is 26.2 Å². The van der Waals surface area contributed by atoms with Gasteiger partial charge < -0.3 is 10.1 Å². The van der Waals surface area contributed by atoms with E-state index in [1.165, 1.54) is 6.20 Å². The predicted molar refractivity (Wildman–Crippen MR) is 77.6 cm³/mol. The van der Waals surface area contributed by atoms with Crippen molar-refractivity contribution in [2.45, 2.75) is 31.0 Å². The Kier molecular flexibility index (Phi) is 3.37. The van der Waals surface area contributed by atoms with Crippen molar-refractivity contribution < 1.29 is 14.7 Å². The Morgan fingerprint density at radius 3 is 3.23 bits per heavy atom. The Morgan fingerprint density at radius 2 is 2.55 bits per heavy atom. The quantitative estimate of drug-likeness (QED) is 0.524. The maximum Gasteiger partial charge on any atom is 0.276 e. The number of ether oxygens (including phenoxy) is 1. The summed E-state index contributed by atoms with van der Waals surface area (Å²) in [5.74, 6) is -0.520. The summed E-state index contributed by atoms with van der Waals surface area (Å²) in [4.78, 5) is 18.3. The van der Waals surface area contributed by atoms with Crippen LogP contribution in [-0.4, -0.2) is 58.9 Å². The molecule has 3 N–H and O–H groups in total. The lowest BCUT2D eigenvalue weighted by Crippen LogP contribution is -2.48.